The number of aromatic nitrogens is 2. The van der Waals surface area contributed by atoms with E-state index in [0.717, 1.165) is 49.0 Å². The van der Waals surface area contributed by atoms with Gasteiger partial charge >= 0.3 is 0 Å². The Balaban J connectivity index is 0.00000216. The number of benzene rings is 2. The maximum absolute atomic E-state index is 13.2. The second kappa shape index (κ2) is 7.76. The van der Waals surface area contributed by atoms with E-state index in [1.165, 1.54) is 22.7 Å². The molecule has 32 heavy (non-hydrogen) atoms. The summed E-state index contributed by atoms with van der Waals surface area (Å²) in [6.45, 7) is 2.02. The standard InChI is InChI=1S/C24H23N3O3S.ClH/c1-26-10-9-13-11-14(3-4-15(13)12-26)17-7-8-18-20(22(17)30-2)27(16-5-6-16)24-19(21(18)28)23(29)25-31-24;/h3-4,7-8,11,16H,5-6,9-10,12H2,1-2H3,(H,25,29);1H. The van der Waals surface area contributed by atoms with Crippen molar-refractivity contribution in [2.45, 2.75) is 31.8 Å². The molecule has 0 radical (unpaired) electrons. The van der Waals surface area contributed by atoms with Gasteiger partial charge in [-0.1, -0.05) is 18.2 Å². The van der Waals surface area contributed by atoms with Crippen molar-refractivity contribution in [3.05, 3.63) is 62.0 Å². The Morgan fingerprint density at radius 2 is 1.94 bits per heavy atom. The molecule has 1 fully saturated rings. The van der Waals surface area contributed by atoms with Gasteiger partial charge < -0.3 is 14.2 Å². The molecule has 4 aromatic rings. The summed E-state index contributed by atoms with van der Waals surface area (Å²) in [4.78, 5) is 28.6. The van der Waals surface area contributed by atoms with Gasteiger partial charge in [0.1, 0.15) is 10.2 Å². The number of hydrogen-bond acceptors (Lipinski definition) is 5. The lowest BCUT2D eigenvalue weighted by molar-refractivity contribution is 0.313. The Morgan fingerprint density at radius 1 is 1.12 bits per heavy atom. The third-order valence-electron chi connectivity index (χ3n) is 6.58. The number of ether oxygens (including phenoxy) is 1. The van der Waals surface area contributed by atoms with Gasteiger partial charge in [-0.25, -0.2) is 0 Å². The van der Waals surface area contributed by atoms with Crippen LogP contribution in [0.4, 0.5) is 0 Å². The molecule has 0 saturated heterocycles. The highest BCUT2D eigenvalue weighted by Crippen LogP contribution is 2.44. The van der Waals surface area contributed by atoms with E-state index < -0.39 is 0 Å². The average Bonchev–Trinajstić information content (AvgIpc) is 3.54. The minimum Gasteiger partial charge on any atom is -0.494 e. The van der Waals surface area contributed by atoms with Crippen LogP contribution in [0.2, 0.25) is 0 Å². The molecule has 3 heterocycles. The molecule has 0 unspecified atom stereocenters. The number of H-pyrrole nitrogens is 1. The van der Waals surface area contributed by atoms with E-state index in [4.69, 9.17) is 4.74 Å². The summed E-state index contributed by atoms with van der Waals surface area (Å²) < 4.78 is 10.9. The van der Waals surface area contributed by atoms with Gasteiger partial charge in [0.2, 0.25) is 5.43 Å². The second-order valence-corrected chi connectivity index (χ2v) is 9.45. The summed E-state index contributed by atoms with van der Waals surface area (Å²) in [6.07, 6.45) is 3.11. The molecular weight excluding hydrogens is 446 g/mol. The van der Waals surface area contributed by atoms with Crippen LogP contribution in [0.25, 0.3) is 32.2 Å². The van der Waals surface area contributed by atoms with Gasteiger partial charge in [-0.05, 0) is 66.7 Å². The molecule has 0 amide bonds. The molecular formula is C24H24ClN3O3S. The van der Waals surface area contributed by atoms with Crippen molar-refractivity contribution >= 4 is 45.1 Å². The summed E-state index contributed by atoms with van der Waals surface area (Å²) in [7, 11) is 3.81. The zero-order valence-electron chi connectivity index (χ0n) is 17.9. The Morgan fingerprint density at radius 3 is 2.69 bits per heavy atom. The normalized spacial score (nSPS) is 16.2. The van der Waals surface area contributed by atoms with Crippen LogP contribution in [0, 0.1) is 0 Å². The van der Waals surface area contributed by atoms with E-state index in [2.05, 4.69) is 39.1 Å². The Kier molecular flexibility index (Phi) is 5.15. The van der Waals surface area contributed by atoms with E-state index in [-0.39, 0.29) is 28.8 Å². The topological polar surface area (TPSA) is 67.3 Å². The molecule has 0 bridgehead atoms. The van der Waals surface area contributed by atoms with Crippen molar-refractivity contribution in [3.63, 3.8) is 0 Å². The minimum atomic E-state index is -0.302. The Bertz CT molecular complexity index is 1480. The third-order valence-corrected chi connectivity index (χ3v) is 7.46. The molecule has 2 aliphatic rings. The SMILES string of the molecule is COc1c(-c2ccc3c(c2)CCN(C)C3)ccc2c(=O)c3c(=O)[nH]sc3n(C3CC3)c12.Cl. The van der Waals surface area contributed by atoms with Gasteiger partial charge in [0.25, 0.3) is 5.56 Å². The summed E-state index contributed by atoms with van der Waals surface area (Å²) in [5.41, 5.74) is 5.09. The summed E-state index contributed by atoms with van der Waals surface area (Å²) in [6, 6.07) is 10.7. The molecule has 6 nitrogen and oxygen atoms in total. The maximum Gasteiger partial charge on any atom is 0.271 e. The lowest BCUT2D eigenvalue weighted by Crippen LogP contribution is -2.26. The van der Waals surface area contributed by atoms with E-state index >= 15 is 0 Å². The first-order valence-corrected chi connectivity index (χ1v) is 11.5. The van der Waals surface area contributed by atoms with Crippen LogP contribution in [0.5, 0.6) is 5.75 Å². The Hall–Kier alpha value is -2.61. The predicted octanol–water partition coefficient (Wildman–Crippen LogP) is 4.32. The van der Waals surface area contributed by atoms with Crippen molar-refractivity contribution in [2.24, 2.45) is 0 Å². The van der Waals surface area contributed by atoms with Crippen LogP contribution in [0.15, 0.2) is 39.9 Å². The average molecular weight is 470 g/mol. The summed E-state index contributed by atoms with van der Waals surface area (Å²) in [5, 5.41) is 0.806. The molecule has 1 aliphatic carbocycles. The predicted molar refractivity (Wildman–Crippen MR) is 132 cm³/mol. The summed E-state index contributed by atoms with van der Waals surface area (Å²) in [5.74, 6) is 0.706. The van der Waals surface area contributed by atoms with Gasteiger partial charge in [0.15, 0.2) is 5.75 Å². The van der Waals surface area contributed by atoms with Gasteiger partial charge in [0.05, 0.1) is 18.0 Å². The zero-order valence-corrected chi connectivity index (χ0v) is 19.6. The van der Waals surface area contributed by atoms with Crippen LogP contribution >= 0.6 is 23.9 Å². The monoisotopic (exact) mass is 469 g/mol. The number of nitrogens with one attached hydrogen (secondary N) is 1. The summed E-state index contributed by atoms with van der Waals surface area (Å²) >= 11 is 1.24. The van der Waals surface area contributed by atoms with Crippen LogP contribution in [0.3, 0.4) is 0 Å². The first-order valence-electron chi connectivity index (χ1n) is 10.6. The van der Waals surface area contributed by atoms with Gasteiger partial charge in [-0.3, -0.25) is 14.0 Å². The largest absolute Gasteiger partial charge is 0.494 e. The maximum atomic E-state index is 13.2. The second-order valence-electron chi connectivity index (χ2n) is 8.66. The van der Waals surface area contributed by atoms with E-state index in [1.54, 1.807) is 7.11 Å². The van der Waals surface area contributed by atoms with Crippen LogP contribution in [0.1, 0.15) is 30.0 Å². The van der Waals surface area contributed by atoms with E-state index in [1.807, 2.05) is 12.1 Å². The molecule has 2 aromatic carbocycles. The fourth-order valence-electron chi connectivity index (χ4n) is 4.87. The number of aromatic amines is 1. The molecule has 0 spiro atoms. The molecule has 1 N–H and O–H groups in total. The molecule has 2 aromatic heterocycles. The van der Waals surface area contributed by atoms with Gasteiger partial charge in [-0.2, -0.15) is 0 Å². The fourth-order valence-corrected chi connectivity index (χ4v) is 5.79. The number of methoxy groups -OCH3 is 1. The molecule has 0 atom stereocenters. The smallest absolute Gasteiger partial charge is 0.271 e. The van der Waals surface area contributed by atoms with Crippen molar-refractivity contribution in [1.29, 1.82) is 0 Å². The Labute approximate surface area is 195 Å². The highest BCUT2D eigenvalue weighted by molar-refractivity contribution is 7.12. The van der Waals surface area contributed by atoms with Gasteiger partial charge in [0, 0.05) is 24.7 Å². The van der Waals surface area contributed by atoms with E-state index in [0.29, 0.717) is 22.0 Å². The zero-order chi connectivity index (χ0) is 21.3. The molecule has 1 saturated carbocycles. The quantitative estimate of drug-likeness (QED) is 0.485. The highest BCUT2D eigenvalue weighted by atomic mass is 35.5. The number of hydrogen-bond donors (Lipinski definition) is 1. The van der Waals surface area contributed by atoms with Gasteiger partial charge in [-0.15, -0.1) is 12.4 Å². The highest BCUT2D eigenvalue weighted by Gasteiger charge is 2.31. The number of rotatable bonds is 3. The van der Waals surface area contributed by atoms with Crippen LogP contribution in [-0.2, 0) is 13.0 Å². The lowest BCUT2D eigenvalue weighted by atomic mass is 9.93. The molecule has 166 valence electrons. The van der Waals surface area contributed by atoms with Crippen molar-refractivity contribution in [1.82, 2.24) is 13.8 Å². The number of fused-ring (bicyclic) bond motifs is 3. The van der Waals surface area contributed by atoms with Crippen molar-refractivity contribution in [2.75, 3.05) is 20.7 Å². The minimum absolute atomic E-state index is 0. The number of halogens is 1. The van der Waals surface area contributed by atoms with Crippen LogP contribution in [-0.4, -0.2) is 34.5 Å². The number of nitrogens with zero attached hydrogens (tertiary/aromatic N) is 2. The molecule has 6 rings (SSSR count). The van der Waals surface area contributed by atoms with E-state index in [9.17, 15) is 9.59 Å². The van der Waals surface area contributed by atoms with Crippen LogP contribution < -0.4 is 15.7 Å². The fraction of sp³-hybridized carbons (Fsp3) is 0.333. The first-order chi connectivity index (χ1) is 15.1. The third kappa shape index (κ3) is 3.10. The number of likely N-dealkylation sites (N-methyl/N-ethyl adjacent to an activating group) is 1. The van der Waals surface area contributed by atoms with Crippen molar-refractivity contribution < 1.29 is 4.74 Å². The number of pyridine rings is 1. The first kappa shape index (κ1) is 21.2. The van der Waals surface area contributed by atoms with Crippen molar-refractivity contribution in [3.8, 4) is 16.9 Å². The molecule has 8 heteroatoms. The lowest BCUT2D eigenvalue weighted by Gasteiger charge is -2.25. The molecule has 1 aliphatic heterocycles.